The minimum absolute atomic E-state index is 0.0106. The molecular weight excluding hydrogens is 314 g/mol. The molecule has 124 valence electrons. The Morgan fingerprint density at radius 3 is 2.14 bits per heavy atom. The highest BCUT2D eigenvalue weighted by Gasteiger charge is 2.31. The standard InChI is InChI=1S/C14H20F2N2O3S/c1-2-13(10-19)17-3-5-18(6-4-17)22(20,21)14-8-11(15)7-12(16)9-14/h7-9,13,19H,2-6,10H2,1H3. The van der Waals surface area contributed by atoms with Crippen molar-refractivity contribution in [3.8, 4) is 0 Å². The van der Waals surface area contributed by atoms with Gasteiger partial charge in [0.1, 0.15) is 11.6 Å². The van der Waals surface area contributed by atoms with Crippen molar-refractivity contribution in [1.29, 1.82) is 0 Å². The molecule has 5 nitrogen and oxygen atoms in total. The summed E-state index contributed by atoms with van der Waals surface area (Å²) in [6.07, 6.45) is 0.776. The highest BCUT2D eigenvalue weighted by Crippen LogP contribution is 2.20. The molecule has 0 bridgehead atoms. The van der Waals surface area contributed by atoms with E-state index in [4.69, 9.17) is 0 Å². The predicted octanol–water partition coefficient (Wildman–Crippen LogP) is 1.04. The predicted molar refractivity (Wildman–Crippen MR) is 77.9 cm³/mol. The van der Waals surface area contributed by atoms with Crippen LogP contribution >= 0.6 is 0 Å². The zero-order valence-electron chi connectivity index (χ0n) is 12.4. The SMILES string of the molecule is CCC(CO)N1CCN(S(=O)(=O)c2cc(F)cc(F)c2)CC1. The maximum Gasteiger partial charge on any atom is 0.243 e. The third-order valence-corrected chi connectivity index (χ3v) is 5.82. The van der Waals surface area contributed by atoms with Gasteiger partial charge < -0.3 is 5.11 Å². The molecule has 1 N–H and O–H groups in total. The zero-order chi connectivity index (χ0) is 16.3. The van der Waals surface area contributed by atoms with Gasteiger partial charge in [0, 0.05) is 38.3 Å². The lowest BCUT2D eigenvalue weighted by atomic mass is 10.2. The molecule has 0 aliphatic carbocycles. The Morgan fingerprint density at radius 2 is 1.68 bits per heavy atom. The molecule has 1 aromatic rings. The van der Waals surface area contributed by atoms with Crippen molar-refractivity contribution in [2.45, 2.75) is 24.3 Å². The molecule has 22 heavy (non-hydrogen) atoms. The first-order valence-corrected chi connectivity index (χ1v) is 8.63. The van der Waals surface area contributed by atoms with E-state index in [9.17, 15) is 22.3 Å². The topological polar surface area (TPSA) is 60.9 Å². The van der Waals surface area contributed by atoms with Gasteiger partial charge in [0.15, 0.2) is 0 Å². The largest absolute Gasteiger partial charge is 0.395 e. The first-order chi connectivity index (χ1) is 10.4. The van der Waals surface area contributed by atoms with Gasteiger partial charge in [-0.05, 0) is 18.6 Å². The van der Waals surface area contributed by atoms with Crippen LogP contribution in [0.15, 0.2) is 23.1 Å². The zero-order valence-corrected chi connectivity index (χ0v) is 13.2. The molecule has 2 rings (SSSR count). The number of nitrogens with zero attached hydrogens (tertiary/aromatic N) is 2. The molecule has 0 saturated carbocycles. The Hall–Kier alpha value is -1.09. The van der Waals surface area contributed by atoms with E-state index >= 15 is 0 Å². The van der Waals surface area contributed by atoms with Crippen LogP contribution in [0.4, 0.5) is 8.78 Å². The Morgan fingerprint density at radius 1 is 1.14 bits per heavy atom. The third kappa shape index (κ3) is 3.62. The van der Waals surface area contributed by atoms with Crippen LogP contribution in [0.2, 0.25) is 0 Å². The number of rotatable bonds is 5. The van der Waals surface area contributed by atoms with Crippen LogP contribution in [-0.2, 0) is 10.0 Å². The maximum absolute atomic E-state index is 13.2. The monoisotopic (exact) mass is 334 g/mol. The van der Waals surface area contributed by atoms with Gasteiger partial charge in [-0.25, -0.2) is 17.2 Å². The molecular formula is C14H20F2N2O3S. The second-order valence-electron chi connectivity index (χ2n) is 5.29. The number of aliphatic hydroxyl groups is 1. The summed E-state index contributed by atoms with van der Waals surface area (Å²) in [6.45, 7) is 3.41. The smallest absolute Gasteiger partial charge is 0.243 e. The van der Waals surface area contributed by atoms with E-state index in [1.807, 2.05) is 11.8 Å². The lowest BCUT2D eigenvalue weighted by Gasteiger charge is -2.37. The highest BCUT2D eigenvalue weighted by molar-refractivity contribution is 7.89. The minimum atomic E-state index is -3.91. The molecule has 0 amide bonds. The molecule has 1 fully saturated rings. The van der Waals surface area contributed by atoms with Crippen LogP contribution in [0.1, 0.15) is 13.3 Å². The van der Waals surface area contributed by atoms with Crippen molar-refractivity contribution in [3.63, 3.8) is 0 Å². The van der Waals surface area contributed by atoms with Crippen molar-refractivity contribution in [2.75, 3.05) is 32.8 Å². The Balaban J connectivity index is 2.12. The molecule has 0 spiro atoms. The van der Waals surface area contributed by atoms with E-state index in [2.05, 4.69) is 0 Å². The molecule has 1 aliphatic heterocycles. The van der Waals surface area contributed by atoms with Crippen LogP contribution in [-0.4, -0.2) is 61.6 Å². The van der Waals surface area contributed by atoms with Gasteiger partial charge in [-0.2, -0.15) is 4.31 Å². The number of halogens is 2. The van der Waals surface area contributed by atoms with Gasteiger partial charge in [-0.1, -0.05) is 6.92 Å². The number of piperazine rings is 1. The fraction of sp³-hybridized carbons (Fsp3) is 0.571. The van der Waals surface area contributed by atoms with E-state index in [0.29, 0.717) is 19.2 Å². The number of hydrogen-bond acceptors (Lipinski definition) is 4. The fourth-order valence-electron chi connectivity index (χ4n) is 2.64. The normalized spacial score (nSPS) is 19.3. The van der Waals surface area contributed by atoms with Gasteiger partial charge in [-0.15, -0.1) is 0 Å². The van der Waals surface area contributed by atoms with E-state index in [1.54, 1.807) is 0 Å². The summed E-state index contributed by atoms with van der Waals surface area (Å²) in [5.41, 5.74) is 0. The average molecular weight is 334 g/mol. The summed E-state index contributed by atoms with van der Waals surface area (Å²) in [7, 11) is -3.91. The average Bonchev–Trinajstić information content (AvgIpc) is 2.48. The molecule has 1 saturated heterocycles. The van der Waals surface area contributed by atoms with Crippen LogP contribution < -0.4 is 0 Å². The minimum Gasteiger partial charge on any atom is -0.395 e. The van der Waals surface area contributed by atoms with Crippen molar-refractivity contribution in [3.05, 3.63) is 29.8 Å². The van der Waals surface area contributed by atoms with E-state index in [0.717, 1.165) is 18.6 Å². The molecule has 1 aliphatic rings. The quantitative estimate of drug-likeness (QED) is 0.874. The molecule has 1 aromatic carbocycles. The Labute approximate surface area is 129 Å². The Kier molecular flexibility index (Phi) is 5.49. The summed E-state index contributed by atoms with van der Waals surface area (Å²) in [4.78, 5) is 1.66. The van der Waals surface area contributed by atoms with Crippen LogP contribution in [0, 0.1) is 11.6 Å². The van der Waals surface area contributed by atoms with Crippen molar-refractivity contribution >= 4 is 10.0 Å². The number of sulfonamides is 1. The lowest BCUT2D eigenvalue weighted by Crippen LogP contribution is -2.52. The molecule has 1 heterocycles. The second kappa shape index (κ2) is 6.99. The van der Waals surface area contributed by atoms with Gasteiger partial charge in [0.25, 0.3) is 0 Å². The lowest BCUT2D eigenvalue weighted by molar-refractivity contribution is 0.0881. The Bertz CT molecular complexity index is 592. The van der Waals surface area contributed by atoms with Crippen molar-refractivity contribution in [1.82, 2.24) is 9.21 Å². The number of benzene rings is 1. The molecule has 0 aromatic heterocycles. The summed E-state index contributed by atoms with van der Waals surface area (Å²) in [6, 6.07) is 2.31. The first-order valence-electron chi connectivity index (χ1n) is 7.19. The summed E-state index contributed by atoms with van der Waals surface area (Å²) in [5.74, 6) is -1.83. The van der Waals surface area contributed by atoms with Crippen LogP contribution in [0.5, 0.6) is 0 Å². The third-order valence-electron chi connectivity index (χ3n) is 3.95. The molecule has 1 atom stereocenters. The van der Waals surface area contributed by atoms with Crippen molar-refractivity contribution < 1.29 is 22.3 Å². The number of aliphatic hydroxyl groups excluding tert-OH is 1. The van der Waals surface area contributed by atoms with Gasteiger partial charge in [-0.3, -0.25) is 4.90 Å². The van der Waals surface area contributed by atoms with E-state index in [-0.39, 0.29) is 30.6 Å². The molecule has 8 heteroatoms. The van der Waals surface area contributed by atoms with Crippen LogP contribution in [0.3, 0.4) is 0 Å². The van der Waals surface area contributed by atoms with Gasteiger partial charge >= 0.3 is 0 Å². The molecule has 1 unspecified atom stereocenters. The second-order valence-corrected chi connectivity index (χ2v) is 7.23. The summed E-state index contributed by atoms with van der Waals surface area (Å²) >= 11 is 0. The van der Waals surface area contributed by atoms with Gasteiger partial charge in [0.05, 0.1) is 11.5 Å². The summed E-state index contributed by atoms with van der Waals surface area (Å²) in [5, 5.41) is 9.29. The summed E-state index contributed by atoms with van der Waals surface area (Å²) < 4.78 is 52.5. The maximum atomic E-state index is 13.2. The van der Waals surface area contributed by atoms with E-state index < -0.39 is 21.7 Å². The molecule has 0 radical (unpaired) electrons. The fourth-order valence-corrected chi connectivity index (χ4v) is 4.10. The van der Waals surface area contributed by atoms with E-state index in [1.165, 1.54) is 4.31 Å². The van der Waals surface area contributed by atoms with Crippen molar-refractivity contribution in [2.24, 2.45) is 0 Å². The van der Waals surface area contributed by atoms with Crippen LogP contribution in [0.25, 0.3) is 0 Å². The van der Waals surface area contributed by atoms with Gasteiger partial charge in [0.2, 0.25) is 10.0 Å². The first kappa shape index (κ1) is 17.3. The highest BCUT2D eigenvalue weighted by atomic mass is 32.2. The number of hydrogen-bond donors (Lipinski definition) is 1.